The Labute approximate surface area is 161 Å². The predicted molar refractivity (Wildman–Crippen MR) is 105 cm³/mol. The number of hydrogen-bond donors (Lipinski definition) is 2. The van der Waals surface area contributed by atoms with Gasteiger partial charge in [0.25, 0.3) is 0 Å². The SMILES string of the molecule is CC(C)CCNC1COC2C(OC(=O)Nc3ccc(C(C)C)cc3)COC12. The Balaban J connectivity index is 1.47. The largest absolute Gasteiger partial charge is 0.441 e. The van der Waals surface area contributed by atoms with Gasteiger partial charge < -0.3 is 19.5 Å². The van der Waals surface area contributed by atoms with E-state index in [-0.39, 0.29) is 24.4 Å². The van der Waals surface area contributed by atoms with Gasteiger partial charge in [0, 0.05) is 5.69 Å². The molecule has 1 aromatic rings. The highest BCUT2D eigenvalue weighted by Gasteiger charge is 2.49. The monoisotopic (exact) mass is 376 g/mol. The third kappa shape index (κ3) is 5.21. The van der Waals surface area contributed by atoms with Gasteiger partial charge in [-0.15, -0.1) is 0 Å². The van der Waals surface area contributed by atoms with Gasteiger partial charge in [0.2, 0.25) is 0 Å². The smallest absolute Gasteiger partial charge is 0.412 e. The summed E-state index contributed by atoms with van der Waals surface area (Å²) < 4.78 is 17.3. The number of rotatable bonds is 7. The van der Waals surface area contributed by atoms with Crippen molar-refractivity contribution in [3.05, 3.63) is 29.8 Å². The molecule has 2 N–H and O–H groups in total. The Kier molecular flexibility index (Phi) is 6.73. The number of hydrogen-bond acceptors (Lipinski definition) is 5. The van der Waals surface area contributed by atoms with Crippen molar-refractivity contribution < 1.29 is 19.0 Å². The quantitative estimate of drug-likeness (QED) is 0.762. The van der Waals surface area contributed by atoms with Crippen molar-refractivity contribution in [1.29, 1.82) is 0 Å². The van der Waals surface area contributed by atoms with Gasteiger partial charge in [-0.25, -0.2) is 4.79 Å². The van der Waals surface area contributed by atoms with E-state index in [1.54, 1.807) is 0 Å². The Hall–Kier alpha value is -1.63. The fourth-order valence-corrected chi connectivity index (χ4v) is 3.53. The van der Waals surface area contributed by atoms with Gasteiger partial charge in [-0.2, -0.15) is 0 Å². The van der Waals surface area contributed by atoms with E-state index in [2.05, 4.69) is 38.3 Å². The molecule has 2 heterocycles. The summed E-state index contributed by atoms with van der Waals surface area (Å²) in [7, 11) is 0. The van der Waals surface area contributed by atoms with Crippen LogP contribution in [0.4, 0.5) is 10.5 Å². The van der Waals surface area contributed by atoms with Crippen LogP contribution in [0.1, 0.15) is 45.6 Å². The zero-order valence-corrected chi connectivity index (χ0v) is 16.7. The number of nitrogens with one attached hydrogen (secondary N) is 2. The molecule has 0 saturated carbocycles. The number of ether oxygens (including phenoxy) is 3. The van der Waals surface area contributed by atoms with Gasteiger partial charge in [-0.3, -0.25) is 5.32 Å². The van der Waals surface area contributed by atoms with E-state index in [0.717, 1.165) is 18.7 Å². The number of benzene rings is 1. The van der Waals surface area contributed by atoms with Crippen LogP contribution in [0.15, 0.2) is 24.3 Å². The van der Waals surface area contributed by atoms with Gasteiger partial charge in [0.1, 0.15) is 12.2 Å². The maximum absolute atomic E-state index is 12.2. The zero-order valence-electron chi connectivity index (χ0n) is 16.7. The number of carbonyl (C=O) groups is 1. The molecular weight excluding hydrogens is 344 g/mol. The predicted octanol–water partition coefficient (Wildman–Crippen LogP) is 3.53. The molecule has 0 radical (unpaired) electrons. The molecule has 4 atom stereocenters. The van der Waals surface area contributed by atoms with Crippen LogP contribution in [-0.4, -0.2) is 50.2 Å². The van der Waals surface area contributed by atoms with E-state index in [9.17, 15) is 4.79 Å². The van der Waals surface area contributed by atoms with Gasteiger partial charge >= 0.3 is 6.09 Å². The molecule has 1 amide bonds. The topological polar surface area (TPSA) is 68.8 Å². The first-order valence-corrected chi connectivity index (χ1v) is 9.98. The Morgan fingerprint density at radius 1 is 1.11 bits per heavy atom. The van der Waals surface area contributed by atoms with E-state index >= 15 is 0 Å². The molecule has 2 fully saturated rings. The molecule has 3 rings (SSSR count). The summed E-state index contributed by atoms with van der Waals surface area (Å²) in [5, 5.41) is 6.29. The molecule has 0 aromatic heterocycles. The molecule has 0 spiro atoms. The maximum atomic E-state index is 12.2. The van der Waals surface area contributed by atoms with Crippen molar-refractivity contribution in [2.45, 2.75) is 64.4 Å². The Morgan fingerprint density at radius 2 is 1.81 bits per heavy atom. The Morgan fingerprint density at radius 3 is 2.48 bits per heavy atom. The highest BCUT2D eigenvalue weighted by Crippen LogP contribution is 2.29. The minimum absolute atomic E-state index is 0.0553. The van der Waals surface area contributed by atoms with Crippen molar-refractivity contribution in [2.24, 2.45) is 5.92 Å². The first-order valence-electron chi connectivity index (χ1n) is 9.98. The second kappa shape index (κ2) is 9.04. The van der Waals surface area contributed by atoms with Gasteiger partial charge in [-0.05, 0) is 42.5 Å². The molecule has 0 bridgehead atoms. The molecule has 2 aliphatic heterocycles. The maximum Gasteiger partial charge on any atom is 0.412 e. The lowest BCUT2D eigenvalue weighted by molar-refractivity contribution is 0.00856. The van der Waals surface area contributed by atoms with Crippen molar-refractivity contribution in [1.82, 2.24) is 5.32 Å². The third-order valence-electron chi connectivity index (χ3n) is 5.22. The van der Waals surface area contributed by atoms with Crippen LogP contribution in [-0.2, 0) is 14.2 Å². The lowest BCUT2D eigenvalue weighted by atomic mass is 10.0. The highest BCUT2D eigenvalue weighted by molar-refractivity contribution is 5.84. The fraction of sp³-hybridized carbons (Fsp3) is 0.667. The summed E-state index contributed by atoms with van der Waals surface area (Å²) >= 11 is 0. The minimum Gasteiger partial charge on any atom is -0.441 e. The zero-order chi connectivity index (χ0) is 19.4. The lowest BCUT2D eigenvalue weighted by Crippen LogP contribution is -2.42. The first kappa shape index (κ1) is 20.1. The number of fused-ring (bicyclic) bond motifs is 1. The molecule has 1 aromatic carbocycles. The van der Waals surface area contributed by atoms with Crippen LogP contribution in [0.25, 0.3) is 0 Å². The summed E-state index contributed by atoms with van der Waals surface area (Å²) in [6, 6.07) is 7.98. The van der Waals surface area contributed by atoms with Crippen molar-refractivity contribution in [3.8, 4) is 0 Å². The minimum atomic E-state index is -0.471. The standard InChI is InChI=1S/C21H32N2O4/c1-13(2)9-10-22-17-11-25-20-18(12-26-19(17)20)27-21(24)23-16-7-5-15(6-8-16)14(3)4/h5-8,13-14,17-20,22H,9-12H2,1-4H3,(H,23,24). The molecule has 150 valence electrons. The van der Waals surface area contributed by atoms with E-state index in [1.807, 2.05) is 24.3 Å². The Bertz CT molecular complexity index is 617. The van der Waals surface area contributed by atoms with Gasteiger partial charge in [0.15, 0.2) is 6.10 Å². The number of carbonyl (C=O) groups excluding carboxylic acids is 1. The van der Waals surface area contributed by atoms with E-state index in [4.69, 9.17) is 14.2 Å². The van der Waals surface area contributed by atoms with Gasteiger partial charge in [-0.1, -0.05) is 39.8 Å². The molecule has 2 aliphatic rings. The average Bonchev–Trinajstić information content (AvgIpc) is 3.19. The van der Waals surface area contributed by atoms with Crippen LogP contribution >= 0.6 is 0 Å². The van der Waals surface area contributed by atoms with Gasteiger partial charge in [0.05, 0.1) is 19.3 Å². The number of anilines is 1. The molecule has 27 heavy (non-hydrogen) atoms. The normalized spacial score (nSPS) is 27.2. The van der Waals surface area contributed by atoms with Crippen molar-refractivity contribution in [3.63, 3.8) is 0 Å². The fourth-order valence-electron chi connectivity index (χ4n) is 3.53. The molecule has 6 heteroatoms. The molecule has 2 saturated heterocycles. The average molecular weight is 376 g/mol. The van der Waals surface area contributed by atoms with Crippen LogP contribution in [0, 0.1) is 5.92 Å². The van der Waals surface area contributed by atoms with E-state index < -0.39 is 6.09 Å². The number of amides is 1. The molecule has 0 aliphatic carbocycles. The van der Waals surface area contributed by atoms with Crippen LogP contribution in [0.2, 0.25) is 0 Å². The summed E-state index contributed by atoms with van der Waals surface area (Å²) in [5.41, 5.74) is 1.96. The summed E-state index contributed by atoms with van der Waals surface area (Å²) in [4.78, 5) is 12.2. The first-order chi connectivity index (χ1) is 12.9. The molecule has 6 nitrogen and oxygen atoms in total. The van der Waals surface area contributed by atoms with Crippen molar-refractivity contribution in [2.75, 3.05) is 25.1 Å². The second-order valence-electron chi connectivity index (χ2n) is 8.18. The van der Waals surface area contributed by atoms with Crippen LogP contribution in [0.5, 0.6) is 0 Å². The van der Waals surface area contributed by atoms with Crippen LogP contribution < -0.4 is 10.6 Å². The summed E-state index contributed by atoms with van der Waals surface area (Å²) in [5.74, 6) is 1.12. The highest BCUT2D eigenvalue weighted by atomic mass is 16.6. The van der Waals surface area contributed by atoms with Crippen LogP contribution in [0.3, 0.4) is 0 Å². The third-order valence-corrected chi connectivity index (χ3v) is 5.22. The van der Waals surface area contributed by atoms with E-state index in [0.29, 0.717) is 25.0 Å². The molecular formula is C21H32N2O4. The van der Waals surface area contributed by atoms with Crippen molar-refractivity contribution >= 4 is 11.8 Å². The molecule has 4 unspecified atom stereocenters. The summed E-state index contributed by atoms with van der Waals surface area (Å²) in [6.07, 6.45) is 0.0188. The summed E-state index contributed by atoms with van der Waals surface area (Å²) in [6.45, 7) is 10.6. The second-order valence-corrected chi connectivity index (χ2v) is 8.18. The van der Waals surface area contributed by atoms with E-state index in [1.165, 1.54) is 5.56 Å². The lowest BCUT2D eigenvalue weighted by Gasteiger charge is -2.18.